The Labute approximate surface area is 107 Å². The summed E-state index contributed by atoms with van der Waals surface area (Å²) in [5, 5.41) is 12.3. The molecule has 17 heavy (non-hydrogen) atoms. The van der Waals surface area contributed by atoms with Crippen molar-refractivity contribution in [3.8, 4) is 0 Å². The minimum atomic E-state index is -0.835. The van der Waals surface area contributed by atoms with Crippen LogP contribution in [-0.2, 0) is 6.54 Å². The summed E-state index contributed by atoms with van der Waals surface area (Å²) in [6.45, 7) is 10.3. The number of carbonyl (C=O) groups is 1. The topological polar surface area (TPSA) is 49.3 Å². The van der Waals surface area contributed by atoms with Crippen LogP contribution in [0.15, 0.2) is 6.07 Å². The molecule has 96 valence electrons. The highest BCUT2D eigenvalue weighted by Crippen LogP contribution is 2.22. The summed E-state index contributed by atoms with van der Waals surface area (Å²) in [7, 11) is 0. The molecule has 1 aromatic rings. The third kappa shape index (κ3) is 4.13. The summed E-state index contributed by atoms with van der Waals surface area (Å²) in [5.74, 6) is -0.835. The lowest BCUT2D eigenvalue weighted by Gasteiger charge is -2.22. The van der Waals surface area contributed by atoms with Gasteiger partial charge in [0, 0.05) is 18.0 Å². The zero-order valence-electron chi connectivity index (χ0n) is 11.0. The van der Waals surface area contributed by atoms with Crippen LogP contribution in [0.2, 0.25) is 0 Å². The lowest BCUT2D eigenvalue weighted by atomic mass is 9.90. The Hall–Kier alpha value is -0.870. The molecule has 1 heterocycles. The van der Waals surface area contributed by atoms with E-state index in [0.717, 1.165) is 30.0 Å². The fraction of sp³-hybridized carbons (Fsp3) is 0.615. The molecule has 0 aromatic carbocycles. The molecule has 0 fully saturated rings. The normalized spacial score (nSPS) is 11.8. The van der Waals surface area contributed by atoms with E-state index in [1.54, 1.807) is 6.07 Å². The van der Waals surface area contributed by atoms with Gasteiger partial charge < -0.3 is 10.4 Å². The maximum Gasteiger partial charge on any atom is 0.345 e. The van der Waals surface area contributed by atoms with E-state index in [9.17, 15) is 4.79 Å². The average Bonchev–Trinajstić information content (AvgIpc) is 2.60. The van der Waals surface area contributed by atoms with Crippen LogP contribution in [0, 0.1) is 12.3 Å². The van der Waals surface area contributed by atoms with Crippen molar-refractivity contribution in [3.63, 3.8) is 0 Å². The van der Waals surface area contributed by atoms with E-state index in [2.05, 4.69) is 26.1 Å². The van der Waals surface area contributed by atoms with Gasteiger partial charge in [-0.1, -0.05) is 20.8 Å². The number of carboxylic acid groups (broad SMARTS) is 1. The van der Waals surface area contributed by atoms with Crippen molar-refractivity contribution in [1.82, 2.24) is 5.32 Å². The zero-order valence-corrected chi connectivity index (χ0v) is 11.8. The van der Waals surface area contributed by atoms with Gasteiger partial charge in [-0.25, -0.2) is 4.79 Å². The van der Waals surface area contributed by atoms with Gasteiger partial charge >= 0.3 is 5.97 Å². The van der Waals surface area contributed by atoms with E-state index >= 15 is 0 Å². The van der Waals surface area contributed by atoms with E-state index in [0.29, 0.717) is 10.3 Å². The molecule has 3 nitrogen and oxygen atoms in total. The first-order valence-electron chi connectivity index (χ1n) is 5.89. The second kappa shape index (κ2) is 5.65. The molecule has 0 aliphatic rings. The van der Waals surface area contributed by atoms with Crippen LogP contribution in [0.1, 0.15) is 47.3 Å². The van der Waals surface area contributed by atoms with E-state index < -0.39 is 5.97 Å². The van der Waals surface area contributed by atoms with Crippen molar-refractivity contribution >= 4 is 17.3 Å². The summed E-state index contributed by atoms with van der Waals surface area (Å²) in [6.07, 6.45) is 1.13. The second-order valence-electron chi connectivity index (χ2n) is 5.12. The third-order valence-electron chi connectivity index (χ3n) is 3.11. The highest BCUT2D eigenvalue weighted by molar-refractivity contribution is 7.14. The van der Waals surface area contributed by atoms with Crippen molar-refractivity contribution in [3.05, 3.63) is 21.4 Å². The molecular formula is C13H21NO2S. The molecule has 0 amide bonds. The summed E-state index contributed by atoms with van der Waals surface area (Å²) < 4.78 is 0. The number of hydrogen-bond acceptors (Lipinski definition) is 3. The summed E-state index contributed by atoms with van der Waals surface area (Å²) in [6, 6.07) is 1.77. The van der Waals surface area contributed by atoms with Crippen molar-refractivity contribution in [1.29, 1.82) is 0 Å². The predicted molar refractivity (Wildman–Crippen MR) is 71.8 cm³/mol. The van der Waals surface area contributed by atoms with E-state index in [1.165, 1.54) is 11.3 Å². The van der Waals surface area contributed by atoms with Gasteiger partial charge in [0.05, 0.1) is 0 Å². The van der Waals surface area contributed by atoms with Crippen molar-refractivity contribution in [2.45, 2.75) is 40.7 Å². The van der Waals surface area contributed by atoms with Gasteiger partial charge in [-0.3, -0.25) is 0 Å². The van der Waals surface area contributed by atoms with Crippen LogP contribution < -0.4 is 5.32 Å². The molecule has 0 saturated carbocycles. The van der Waals surface area contributed by atoms with Gasteiger partial charge in [-0.05, 0) is 30.4 Å². The number of aryl methyl sites for hydroxylation is 1. The Morgan fingerprint density at radius 1 is 1.53 bits per heavy atom. The smallest absolute Gasteiger partial charge is 0.345 e. The van der Waals surface area contributed by atoms with Crippen molar-refractivity contribution < 1.29 is 9.90 Å². The minimum absolute atomic E-state index is 0.291. The SMILES string of the molecule is CCC(C)(C)CNCc1cc(C(=O)O)sc1C. The van der Waals surface area contributed by atoms with Crippen LogP contribution in [-0.4, -0.2) is 17.6 Å². The quantitative estimate of drug-likeness (QED) is 0.820. The number of carboxylic acids is 1. The monoisotopic (exact) mass is 255 g/mol. The lowest BCUT2D eigenvalue weighted by Crippen LogP contribution is -2.28. The fourth-order valence-electron chi connectivity index (χ4n) is 1.46. The highest BCUT2D eigenvalue weighted by Gasteiger charge is 2.15. The van der Waals surface area contributed by atoms with Gasteiger partial charge in [-0.15, -0.1) is 11.3 Å². The first-order valence-corrected chi connectivity index (χ1v) is 6.70. The Balaban J connectivity index is 2.55. The van der Waals surface area contributed by atoms with Gasteiger partial charge in [0.15, 0.2) is 0 Å². The molecular weight excluding hydrogens is 234 g/mol. The molecule has 1 aromatic heterocycles. The molecule has 0 bridgehead atoms. The third-order valence-corrected chi connectivity index (χ3v) is 4.19. The van der Waals surface area contributed by atoms with Crippen LogP contribution in [0.3, 0.4) is 0 Å². The van der Waals surface area contributed by atoms with Gasteiger partial charge in [0.1, 0.15) is 4.88 Å². The van der Waals surface area contributed by atoms with Crippen molar-refractivity contribution in [2.24, 2.45) is 5.41 Å². The maximum atomic E-state index is 10.8. The molecule has 2 N–H and O–H groups in total. The number of rotatable bonds is 6. The maximum absolute atomic E-state index is 10.8. The Kier molecular flexibility index (Phi) is 4.71. The first-order chi connectivity index (χ1) is 7.85. The molecule has 0 aliphatic carbocycles. The second-order valence-corrected chi connectivity index (χ2v) is 6.37. The number of hydrogen-bond donors (Lipinski definition) is 2. The molecule has 0 saturated heterocycles. The predicted octanol–water partition coefficient (Wildman–Crippen LogP) is 3.28. The summed E-state index contributed by atoms with van der Waals surface area (Å²) >= 11 is 1.35. The average molecular weight is 255 g/mol. The summed E-state index contributed by atoms with van der Waals surface area (Å²) in [4.78, 5) is 12.3. The lowest BCUT2D eigenvalue weighted by molar-refractivity contribution is 0.0702. The van der Waals surface area contributed by atoms with Gasteiger partial charge in [0.2, 0.25) is 0 Å². The number of aromatic carboxylic acids is 1. The van der Waals surface area contributed by atoms with E-state index in [1.807, 2.05) is 6.92 Å². The molecule has 0 radical (unpaired) electrons. The van der Waals surface area contributed by atoms with Gasteiger partial charge in [0.25, 0.3) is 0 Å². The van der Waals surface area contributed by atoms with Crippen LogP contribution in [0.25, 0.3) is 0 Å². The Bertz CT molecular complexity index is 396. The summed E-state index contributed by atoms with van der Waals surface area (Å²) in [5.41, 5.74) is 1.39. The molecule has 4 heteroatoms. The first kappa shape index (κ1) is 14.2. The van der Waals surface area contributed by atoms with Crippen LogP contribution in [0.4, 0.5) is 0 Å². The van der Waals surface area contributed by atoms with Gasteiger partial charge in [-0.2, -0.15) is 0 Å². The van der Waals surface area contributed by atoms with Crippen LogP contribution >= 0.6 is 11.3 Å². The van der Waals surface area contributed by atoms with Crippen LogP contribution in [0.5, 0.6) is 0 Å². The van der Waals surface area contributed by atoms with E-state index in [-0.39, 0.29) is 0 Å². The molecule has 0 aliphatic heterocycles. The van der Waals surface area contributed by atoms with E-state index in [4.69, 9.17) is 5.11 Å². The largest absolute Gasteiger partial charge is 0.477 e. The highest BCUT2D eigenvalue weighted by atomic mass is 32.1. The number of nitrogens with one attached hydrogen (secondary N) is 1. The molecule has 0 atom stereocenters. The minimum Gasteiger partial charge on any atom is -0.477 e. The Morgan fingerprint density at radius 3 is 2.65 bits per heavy atom. The molecule has 0 unspecified atom stereocenters. The molecule has 1 rings (SSSR count). The molecule has 0 spiro atoms. The fourth-order valence-corrected chi connectivity index (χ4v) is 2.34. The standard InChI is InChI=1S/C13H21NO2S/c1-5-13(3,4)8-14-7-10-6-11(12(15)16)17-9(10)2/h6,14H,5,7-8H2,1-4H3,(H,15,16). The number of thiophene rings is 1. The zero-order chi connectivity index (χ0) is 13.1. The Morgan fingerprint density at radius 2 is 2.18 bits per heavy atom. The van der Waals surface area contributed by atoms with Crippen molar-refractivity contribution in [2.75, 3.05) is 6.54 Å².